The summed E-state index contributed by atoms with van der Waals surface area (Å²) in [6.45, 7) is 6.87. The van der Waals surface area contributed by atoms with Crippen molar-refractivity contribution in [2.75, 3.05) is 0 Å². The minimum Gasteiger partial charge on any atom is -0.354 e. The number of fused-ring (bicyclic) bond motifs is 3. The van der Waals surface area contributed by atoms with Gasteiger partial charge in [-0.1, -0.05) is 74.5 Å². The summed E-state index contributed by atoms with van der Waals surface area (Å²) in [5.41, 5.74) is 4.60. The number of carbonyl (C=O) groups is 1. The fourth-order valence-corrected chi connectivity index (χ4v) is 3.80. The van der Waals surface area contributed by atoms with E-state index in [1.165, 1.54) is 16.5 Å². The summed E-state index contributed by atoms with van der Waals surface area (Å²) < 4.78 is 0. The molecule has 5 heteroatoms. The smallest absolute Gasteiger partial charge is 0.249 e. The van der Waals surface area contributed by atoms with Gasteiger partial charge in [-0.3, -0.25) is 4.79 Å². The van der Waals surface area contributed by atoms with Crippen LogP contribution in [0.5, 0.6) is 0 Å². The molecule has 0 spiro atoms. The standard InChI is InChI=1S/C27H29N3O.ClH/c1-4-18(2)27(31)29-22-13-9-14-23-24-15-8-12-21(26(24)30-25(23)16-22)17-28-19(3)20-10-6-5-7-11-20;/h5-16,18-19,28,30H,4,17H2,1-3H3;1H. The molecule has 0 radical (unpaired) electrons. The van der Waals surface area contributed by atoms with Crippen LogP contribution in [0.25, 0.3) is 21.8 Å². The van der Waals surface area contributed by atoms with Gasteiger partial charge in [-0.15, -0.1) is 12.4 Å². The van der Waals surface area contributed by atoms with E-state index in [0.29, 0.717) is 5.36 Å². The van der Waals surface area contributed by atoms with Gasteiger partial charge in [0.1, 0.15) is 0 Å². The second kappa shape index (κ2) is 10.6. The molecule has 0 saturated carbocycles. The number of halogens is 1. The second-order valence-corrected chi connectivity index (χ2v) is 8.16. The van der Waals surface area contributed by atoms with Crippen LogP contribution >= 0.6 is 12.4 Å². The first-order valence-electron chi connectivity index (χ1n) is 11.0. The minimum atomic E-state index is -0.0715. The molecular weight excluding hydrogens is 418 g/mol. The molecule has 1 amide bonds. The molecule has 166 valence electrons. The van der Waals surface area contributed by atoms with Gasteiger partial charge in [0, 0.05) is 34.8 Å². The highest BCUT2D eigenvalue weighted by Crippen LogP contribution is 2.27. The Labute approximate surface area is 195 Å². The van der Waals surface area contributed by atoms with Gasteiger partial charge in [0.25, 0.3) is 0 Å². The maximum atomic E-state index is 12.3. The van der Waals surface area contributed by atoms with Crippen molar-refractivity contribution in [3.8, 4) is 0 Å². The summed E-state index contributed by atoms with van der Waals surface area (Å²) >= 11 is 0. The molecular formula is C27H30ClN3O. The van der Waals surface area contributed by atoms with E-state index in [-0.39, 0.29) is 30.3 Å². The van der Waals surface area contributed by atoms with Gasteiger partial charge in [-0.25, -0.2) is 4.99 Å². The van der Waals surface area contributed by atoms with Crippen LogP contribution in [0.15, 0.2) is 77.8 Å². The van der Waals surface area contributed by atoms with Crippen LogP contribution in [0, 0.1) is 5.92 Å². The highest BCUT2D eigenvalue weighted by atomic mass is 35.5. The molecule has 2 N–H and O–H groups in total. The molecule has 0 fully saturated rings. The third-order valence-electron chi connectivity index (χ3n) is 5.98. The van der Waals surface area contributed by atoms with E-state index >= 15 is 0 Å². The number of rotatable bonds is 6. The summed E-state index contributed by atoms with van der Waals surface area (Å²) in [6.07, 6.45) is 0.793. The zero-order valence-electron chi connectivity index (χ0n) is 18.8. The first kappa shape index (κ1) is 23.7. The van der Waals surface area contributed by atoms with E-state index in [1.807, 2.05) is 38.1 Å². The van der Waals surface area contributed by atoms with Crippen LogP contribution in [0.4, 0.5) is 0 Å². The van der Waals surface area contributed by atoms with Crippen molar-refractivity contribution in [2.45, 2.75) is 39.8 Å². The predicted molar refractivity (Wildman–Crippen MR) is 135 cm³/mol. The molecule has 32 heavy (non-hydrogen) atoms. The molecule has 3 aromatic carbocycles. The number of hydrogen-bond acceptors (Lipinski definition) is 2. The van der Waals surface area contributed by atoms with Crippen molar-refractivity contribution < 1.29 is 4.79 Å². The maximum absolute atomic E-state index is 12.3. The number of hydrogen-bond donors (Lipinski definition) is 2. The highest BCUT2D eigenvalue weighted by Gasteiger charge is 2.11. The monoisotopic (exact) mass is 447 g/mol. The third-order valence-corrected chi connectivity index (χ3v) is 5.98. The Bertz CT molecular complexity index is 1280. The van der Waals surface area contributed by atoms with Crippen LogP contribution < -0.4 is 10.7 Å². The second-order valence-electron chi connectivity index (χ2n) is 8.16. The normalized spacial score (nSPS) is 13.7. The molecule has 1 heterocycles. The number of benzene rings is 2. The van der Waals surface area contributed by atoms with Crippen molar-refractivity contribution in [3.05, 3.63) is 89.3 Å². The first-order valence-corrected chi connectivity index (χ1v) is 11.0. The van der Waals surface area contributed by atoms with E-state index < -0.39 is 0 Å². The lowest BCUT2D eigenvalue weighted by Crippen LogP contribution is -2.18. The number of nitrogens with zero attached hydrogens (tertiary/aromatic N) is 1. The Morgan fingerprint density at radius 1 is 0.969 bits per heavy atom. The molecule has 2 unspecified atom stereocenters. The quantitative estimate of drug-likeness (QED) is 0.377. The topological polar surface area (TPSA) is 57.2 Å². The summed E-state index contributed by atoms with van der Waals surface area (Å²) in [7, 11) is 0. The van der Waals surface area contributed by atoms with Gasteiger partial charge in [0.15, 0.2) is 0 Å². The maximum Gasteiger partial charge on any atom is 0.249 e. The molecule has 4 rings (SSSR count). The average Bonchev–Trinajstić information content (AvgIpc) is 3.02. The van der Waals surface area contributed by atoms with Gasteiger partial charge >= 0.3 is 0 Å². The summed E-state index contributed by atoms with van der Waals surface area (Å²) in [6, 6.07) is 25.1. The number of aromatic nitrogens is 1. The Kier molecular flexibility index (Phi) is 7.84. The van der Waals surface area contributed by atoms with Gasteiger partial charge in [0.2, 0.25) is 5.91 Å². The number of H-pyrrole nitrogens is 1. The Hall–Kier alpha value is -2.95. The molecule has 0 aliphatic carbocycles. The number of para-hydroxylation sites is 1. The lowest BCUT2D eigenvalue weighted by molar-refractivity contribution is -0.121. The molecule has 1 aromatic heterocycles. The van der Waals surface area contributed by atoms with E-state index in [2.05, 4.69) is 70.7 Å². The highest BCUT2D eigenvalue weighted by molar-refractivity contribution is 6.07. The van der Waals surface area contributed by atoms with Crippen molar-refractivity contribution in [1.29, 1.82) is 0 Å². The first-order chi connectivity index (χ1) is 15.1. The van der Waals surface area contributed by atoms with Gasteiger partial charge in [-0.2, -0.15) is 0 Å². The van der Waals surface area contributed by atoms with Gasteiger partial charge in [-0.05, 0) is 36.6 Å². The molecule has 0 aliphatic heterocycles. The predicted octanol–water partition coefficient (Wildman–Crippen LogP) is 6.07. The lowest BCUT2D eigenvalue weighted by Gasteiger charge is -2.14. The minimum absolute atomic E-state index is 0. The molecule has 0 aliphatic rings. The van der Waals surface area contributed by atoms with Gasteiger partial charge in [0.05, 0.1) is 10.9 Å². The number of nitrogens with one attached hydrogen (secondary N) is 2. The van der Waals surface area contributed by atoms with Crippen LogP contribution in [0.1, 0.15) is 44.4 Å². The number of amides is 1. The van der Waals surface area contributed by atoms with Gasteiger partial charge < -0.3 is 10.3 Å². The SMILES string of the molecule is CCC(C)C(=O)N=c1cccc2c(c1)[nH]c1c(CNC(C)c3ccccc3)cccc12.Cl. The molecule has 4 nitrogen and oxygen atoms in total. The van der Waals surface area contributed by atoms with Crippen LogP contribution in [0.2, 0.25) is 0 Å². The van der Waals surface area contributed by atoms with E-state index in [9.17, 15) is 4.79 Å². The third kappa shape index (κ3) is 5.09. The largest absolute Gasteiger partial charge is 0.354 e. The lowest BCUT2D eigenvalue weighted by atomic mass is 10.1. The van der Waals surface area contributed by atoms with Crippen LogP contribution in [-0.4, -0.2) is 10.9 Å². The van der Waals surface area contributed by atoms with Crippen molar-refractivity contribution >= 4 is 40.1 Å². The number of aromatic amines is 1. The fraction of sp³-hybridized carbons (Fsp3) is 0.259. The Balaban J connectivity index is 0.00000289. The Morgan fingerprint density at radius 3 is 2.44 bits per heavy atom. The van der Waals surface area contributed by atoms with Crippen LogP contribution in [0.3, 0.4) is 0 Å². The summed E-state index contributed by atoms with van der Waals surface area (Å²) in [5, 5.41) is 6.62. The molecule has 4 aromatic rings. The number of carbonyl (C=O) groups excluding carboxylic acids is 1. The average molecular weight is 448 g/mol. The molecule has 0 bridgehead atoms. The Morgan fingerprint density at radius 2 is 1.69 bits per heavy atom. The zero-order valence-corrected chi connectivity index (χ0v) is 19.6. The van der Waals surface area contributed by atoms with E-state index in [1.54, 1.807) is 0 Å². The summed E-state index contributed by atoms with van der Waals surface area (Å²) in [4.78, 5) is 20.2. The van der Waals surface area contributed by atoms with Crippen molar-refractivity contribution in [2.24, 2.45) is 10.9 Å². The van der Waals surface area contributed by atoms with Crippen LogP contribution in [-0.2, 0) is 11.3 Å². The summed E-state index contributed by atoms with van der Waals surface area (Å²) in [5.74, 6) is -0.134. The fourth-order valence-electron chi connectivity index (χ4n) is 3.80. The molecule has 2 atom stereocenters. The van der Waals surface area contributed by atoms with Crippen molar-refractivity contribution in [3.63, 3.8) is 0 Å². The zero-order chi connectivity index (χ0) is 21.8. The molecule has 0 saturated heterocycles. The van der Waals surface area contributed by atoms with E-state index in [0.717, 1.165) is 29.4 Å². The van der Waals surface area contributed by atoms with E-state index in [4.69, 9.17) is 0 Å². The van der Waals surface area contributed by atoms with Crippen molar-refractivity contribution in [1.82, 2.24) is 10.3 Å².